The number of para-hydroxylation sites is 2. The van der Waals surface area contributed by atoms with Gasteiger partial charge in [-0.2, -0.15) is 5.10 Å². The highest BCUT2D eigenvalue weighted by Crippen LogP contribution is 2.30. The molecule has 1 heterocycles. The van der Waals surface area contributed by atoms with E-state index in [1.54, 1.807) is 25.5 Å². The molecule has 0 aliphatic rings. The number of aromatic nitrogens is 1. The SMILES string of the molecule is COc1ccc(/C=N/NC(=O)c2ccc(Cl)c(Cl)c2)cc1CSc1nc2ccccc2o1. The van der Waals surface area contributed by atoms with Gasteiger partial charge in [-0.1, -0.05) is 47.1 Å². The van der Waals surface area contributed by atoms with Crippen LogP contribution in [0.15, 0.2) is 75.4 Å². The van der Waals surface area contributed by atoms with E-state index in [1.807, 2.05) is 42.5 Å². The molecule has 0 saturated heterocycles. The number of amides is 1. The molecular formula is C23H17Cl2N3O3S. The maximum atomic E-state index is 12.2. The van der Waals surface area contributed by atoms with E-state index in [0.717, 1.165) is 28.0 Å². The molecule has 0 unspecified atom stereocenters. The van der Waals surface area contributed by atoms with E-state index in [1.165, 1.54) is 17.8 Å². The van der Waals surface area contributed by atoms with Gasteiger partial charge >= 0.3 is 0 Å². The zero-order chi connectivity index (χ0) is 22.5. The summed E-state index contributed by atoms with van der Waals surface area (Å²) in [6.07, 6.45) is 1.56. The van der Waals surface area contributed by atoms with E-state index in [-0.39, 0.29) is 5.91 Å². The molecule has 32 heavy (non-hydrogen) atoms. The highest BCUT2D eigenvalue weighted by atomic mass is 35.5. The molecule has 4 rings (SSSR count). The maximum Gasteiger partial charge on any atom is 0.271 e. The second kappa shape index (κ2) is 10.1. The minimum Gasteiger partial charge on any atom is -0.496 e. The molecule has 1 aromatic heterocycles. The number of carbonyl (C=O) groups excluding carboxylic acids is 1. The van der Waals surface area contributed by atoms with Gasteiger partial charge < -0.3 is 9.15 Å². The van der Waals surface area contributed by atoms with Crippen LogP contribution >= 0.6 is 35.0 Å². The molecule has 4 aromatic rings. The average molecular weight is 486 g/mol. The fraction of sp³-hybridized carbons (Fsp3) is 0.0870. The molecular weight excluding hydrogens is 469 g/mol. The van der Waals surface area contributed by atoms with Crippen LogP contribution in [-0.2, 0) is 5.75 Å². The molecule has 6 nitrogen and oxygen atoms in total. The highest BCUT2D eigenvalue weighted by molar-refractivity contribution is 7.98. The number of benzene rings is 3. The van der Waals surface area contributed by atoms with Gasteiger partial charge in [0.2, 0.25) is 0 Å². The van der Waals surface area contributed by atoms with Gasteiger partial charge in [0.05, 0.1) is 23.4 Å². The summed E-state index contributed by atoms with van der Waals surface area (Å²) >= 11 is 13.3. The largest absolute Gasteiger partial charge is 0.496 e. The first-order chi connectivity index (χ1) is 15.5. The van der Waals surface area contributed by atoms with Gasteiger partial charge in [-0.25, -0.2) is 10.4 Å². The number of hydrogen-bond acceptors (Lipinski definition) is 6. The third-order valence-corrected chi connectivity index (χ3v) is 6.11. The number of thioether (sulfide) groups is 1. The molecule has 0 radical (unpaired) electrons. The van der Waals surface area contributed by atoms with Crippen molar-refractivity contribution in [2.75, 3.05) is 7.11 Å². The lowest BCUT2D eigenvalue weighted by molar-refractivity contribution is 0.0955. The number of hydrogen-bond donors (Lipinski definition) is 1. The Balaban J connectivity index is 1.43. The maximum absolute atomic E-state index is 12.2. The molecule has 0 spiro atoms. The number of fused-ring (bicyclic) bond motifs is 1. The molecule has 0 aliphatic heterocycles. The lowest BCUT2D eigenvalue weighted by atomic mass is 10.1. The van der Waals surface area contributed by atoms with Crippen molar-refractivity contribution in [2.24, 2.45) is 5.10 Å². The van der Waals surface area contributed by atoms with Crippen LogP contribution in [0.25, 0.3) is 11.1 Å². The van der Waals surface area contributed by atoms with Crippen LogP contribution < -0.4 is 10.2 Å². The van der Waals surface area contributed by atoms with Crippen molar-refractivity contribution < 1.29 is 13.9 Å². The van der Waals surface area contributed by atoms with E-state index in [0.29, 0.717) is 26.6 Å². The molecule has 0 fully saturated rings. The van der Waals surface area contributed by atoms with Gasteiger partial charge in [0, 0.05) is 16.9 Å². The number of carbonyl (C=O) groups is 1. The average Bonchev–Trinajstić information content (AvgIpc) is 3.22. The Morgan fingerprint density at radius 3 is 2.78 bits per heavy atom. The third-order valence-electron chi connectivity index (χ3n) is 4.49. The molecule has 9 heteroatoms. The fourth-order valence-electron chi connectivity index (χ4n) is 2.91. The Hall–Kier alpha value is -3.00. The van der Waals surface area contributed by atoms with Crippen molar-refractivity contribution in [3.05, 3.63) is 87.4 Å². The summed E-state index contributed by atoms with van der Waals surface area (Å²) in [7, 11) is 1.62. The van der Waals surface area contributed by atoms with Crippen LogP contribution in [0.1, 0.15) is 21.5 Å². The lowest BCUT2D eigenvalue weighted by Crippen LogP contribution is -2.17. The van der Waals surface area contributed by atoms with Crippen molar-refractivity contribution in [1.82, 2.24) is 10.4 Å². The number of oxazole rings is 1. The summed E-state index contributed by atoms with van der Waals surface area (Å²) in [6, 6.07) is 17.9. The highest BCUT2D eigenvalue weighted by Gasteiger charge is 2.10. The van der Waals surface area contributed by atoms with Crippen molar-refractivity contribution in [3.8, 4) is 5.75 Å². The Morgan fingerprint density at radius 1 is 1.16 bits per heavy atom. The van der Waals surface area contributed by atoms with Gasteiger partial charge in [-0.05, 0) is 54.1 Å². The smallest absolute Gasteiger partial charge is 0.271 e. The summed E-state index contributed by atoms with van der Waals surface area (Å²) in [5.74, 6) is 0.943. The van der Waals surface area contributed by atoms with Crippen LogP contribution in [0.2, 0.25) is 10.0 Å². The quantitative estimate of drug-likeness (QED) is 0.191. The first-order valence-electron chi connectivity index (χ1n) is 9.47. The number of rotatable bonds is 7. The first-order valence-corrected chi connectivity index (χ1v) is 11.2. The number of ether oxygens (including phenoxy) is 1. The summed E-state index contributed by atoms with van der Waals surface area (Å²) < 4.78 is 11.2. The zero-order valence-corrected chi connectivity index (χ0v) is 19.2. The monoisotopic (exact) mass is 485 g/mol. The number of methoxy groups -OCH3 is 1. The van der Waals surface area contributed by atoms with E-state index in [4.69, 9.17) is 32.4 Å². The lowest BCUT2D eigenvalue weighted by Gasteiger charge is -2.08. The number of nitrogens with zero attached hydrogens (tertiary/aromatic N) is 2. The van der Waals surface area contributed by atoms with Crippen molar-refractivity contribution >= 4 is 58.2 Å². The van der Waals surface area contributed by atoms with Crippen LogP contribution in [0.3, 0.4) is 0 Å². The molecule has 1 N–H and O–H groups in total. The van der Waals surface area contributed by atoms with Crippen LogP contribution in [0.4, 0.5) is 0 Å². The van der Waals surface area contributed by atoms with Crippen LogP contribution in [0.5, 0.6) is 5.75 Å². The normalized spacial score (nSPS) is 11.2. The fourth-order valence-corrected chi connectivity index (χ4v) is 4.03. The van der Waals surface area contributed by atoms with E-state index in [9.17, 15) is 4.79 Å². The standard InChI is InChI=1S/C23H17Cl2N3O3S/c1-30-20-9-6-14(12-26-28-22(29)15-7-8-17(24)18(25)11-15)10-16(20)13-32-23-27-19-4-2-3-5-21(19)31-23/h2-12H,13H2,1H3,(H,28,29)/b26-12+. The molecule has 1 amide bonds. The van der Waals surface area contributed by atoms with Gasteiger partial charge in [-0.15, -0.1) is 0 Å². The molecule has 0 bridgehead atoms. The summed E-state index contributed by atoms with van der Waals surface area (Å²) in [6.45, 7) is 0. The van der Waals surface area contributed by atoms with E-state index in [2.05, 4.69) is 15.5 Å². The minimum absolute atomic E-state index is 0.305. The molecule has 162 valence electrons. The Labute approximate surface area is 198 Å². The Bertz CT molecular complexity index is 1270. The van der Waals surface area contributed by atoms with Crippen molar-refractivity contribution in [2.45, 2.75) is 11.0 Å². The Morgan fingerprint density at radius 2 is 2.00 bits per heavy atom. The van der Waals surface area contributed by atoms with Crippen molar-refractivity contribution in [1.29, 1.82) is 0 Å². The van der Waals surface area contributed by atoms with Crippen LogP contribution in [0, 0.1) is 0 Å². The molecule has 0 saturated carbocycles. The van der Waals surface area contributed by atoms with Gasteiger partial charge in [0.25, 0.3) is 11.1 Å². The molecule has 3 aromatic carbocycles. The number of hydrazone groups is 1. The molecule has 0 aliphatic carbocycles. The predicted octanol–water partition coefficient (Wildman–Crippen LogP) is 6.20. The minimum atomic E-state index is -0.389. The predicted molar refractivity (Wildman–Crippen MR) is 128 cm³/mol. The third kappa shape index (κ3) is 5.24. The molecule has 0 atom stereocenters. The van der Waals surface area contributed by atoms with Crippen LogP contribution in [-0.4, -0.2) is 24.2 Å². The Kier molecular flexibility index (Phi) is 6.99. The summed E-state index contributed by atoms with van der Waals surface area (Å²) in [4.78, 5) is 16.7. The second-order valence-electron chi connectivity index (χ2n) is 6.64. The summed E-state index contributed by atoms with van der Waals surface area (Å²) in [5.41, 5.74) is 6.16. The van der Waals surface area contributed by atoms with Crippen molar-refractivity contribution in [3.63, 3.8) is 0 Å². The zero-order valence-electron chi connectivity index (χ0n) is 16.8. The topological polar surface area (TPSA) is 76.7 Å². The second-order valence-corrected chi connectivity index (χ2v) is 8.38. The van der Waals surface area contributed by atoms with Gasteiger partial charge in [-0.3, -0.25) is 4.79 Å². The van der Waals surface area contributed by atoms with E-state index < -0.39 is 0 Å². The summed E-state index contributed by atoms with van der Waals surface area (Å²) in [5, 5.41) is 5.31. The van der Waals surface area contributed by atoms with Gasteiger partial charge in [0.1, 0.15) is 11.3 Å². The number of nitrogens with one attached hydrogen (secondary N) is 1. The van der Waals surface area contributed by atoms with Gasteiger partial charge in [0.15, 0.2) is 5.58 Å². The first kappa shape index (κ1) is 22.2. The number of halogens is 2. The van der Waals surface area contributed by atoms with E-state index >= 15 is 0 Å².